The van der Waals surface area contributed by atoms with Crippen molar-refractivity contribution in [1.29, 1.82) is 0 Å². The highest BCUT2D eigenvalue weighted by Gasteiger charge is 2.18. The van der Waals surface area contributed by atoms with Crippen LogP contribution < -0.4 is 5.73 Å². The van der Waals surface area contributed by atoms with Gasteiger partial charge in [-0.05, 0) is 6.08 Å². The molecule has 4 N–H and O–H groups in total. The Morgan fingerprint density at radius 3 is 2.13 bits per heavy atom. The Kier molecular flexibility index (Phi) is 9.03. The van der Waals surface area contributed by atoms with Crippen molar-refractivity contribution in [2.75, 3.05) is 7.11 Å². The molecule has 1 amide bonds. The van der Waals surface area contributed by atoms with Crippen molar-refractivity contribution in [3.05, 3.63) is 12.7 Å². The lowest BCUT2D eigenvalue weighted by atomic mass is 10.3. The summed E-state index contributed by atoms with van der Waals surface area (Å²) in [4.78, 5) is 29.6. The summed E-state index contributed by atoms with van der Waals surface area (Å²) in [7, 11) is 1.08. The van der Waals surface area contributed by atoms with E-state index in [1.165, 1.54) is 0 Å². The summed E-state index contributed by atoms with van der Waals surface area (Å²) in [6.07, 6.45) is -1.12. The summed E-state index contributed by atoms with van der Waals surface area (Å²) < 4.78 is 4.06. The summed E-state index contributed by atoms with van der Waals surface area (Å²) in [5.41, 5.74) is 4.53. The minimum atomic E-state index is -1.55. The number of esters is 1. The number of carboxylic acids is 1. The molecule has 7 nitrogen and oxygen atoms in total. The van der Waals surface area contributed by atoms with Crippen molar-refractivity contribution in [2.24, 2.45) is 5.73 Å². The zero-order chi connectivity index (χ0) is 12.4. The van der Waals surface area contributed by atoms with E-state index in [9.17, 15) is 14.4 Å². The first kappa shape index (κ1) is 15.6. The van der Waals surface area contributed by atoms with Gasteiger partial charge in [-0.1, -0.05) is 6.58 Å². The van der Waals surface area contributed by atoms with Gasteiger partial charge in [0.05, 0.1) is 13.5 Å². The molecule has 0 saturated heterocycles. The van der Waals surface area contributed by atoms with Crippen LogP contribution in [0.3, 0.4) is 0 Å². The molecule has 86 valence electrons. The van der Waals surface area contributed by atoms with E-state index in [1.54, 1.807) is 0 Å². The highest BCUT2D eigenvalue weighted by molar-refractivity contribution is 5.85. The number of nitrogens with two attached hydrogens (primary N) is 1. The first-order valence-corrected chi connectivity index (χ1v) is 3.74. The predicted molar refractivity (Wildman–Crippen MR) is 49.7 cm³/mol. The molecule has 7 heteroatoms. The number of carbonyl (C=O) groups is 3. The monoisotopic (exact) mass is 219 g/mol. The highest BCUT2D eigenvalue weighted by Crippen LogP contribution is 1.92. The minimum absolute atomic E-state index is 0.481. The standard InChI is InChI=1S/C5H8O5.C3H5NO/c1-10-5(9)3(6)2-4(7)8;1-2-3(4)5/h3,6H,2H2,1H3,(H,7,8);2H,1H2,(H2,4,5). The molecule has 0 spiro atoms. The third-order valence-corrected chi connectivity index (χ3v) is 1.04. The predicted octanol–water partition coefficient (Wildman–Crippen LogP) is -1.35. The van der Waals surface area contributed by atoms with Crippen molar-refractivity contribution >= 4 is 17.8 Å². The van der Waals surface area contributed by atoms with Gasteiger partial charge in [0, 0.05) is 0 Å². The van der Waals surface area contributed by atoms with Crippen LogP contribution in [0.25, 0.3) is 0 Å². The van der Waals surface area contributed by atoms with Crippen LogP contribution in [0.15, 0.2) is 12.7 Å². The molecule has 0 aromatic carbocycles. The zero-order valence-electron chi connectivity index (χ0n) is 8.17. The van der Waals surface area contributed by atoms with Crippen LogP contribution in [0.4, 0.5) is 0 Å². The molecule has 0 aliphatic heterocycles. The molecule has 0 aromatic rings. The van der Waals surface area contributed by atoms with E-state index in [4.69, 9.17) is 10.2 Å². The second-order valence-electron chi connectivity index (χ2n) is 2.24. The van der Waals surface area contributed by atoms with E-state index in [0.717, 1.165) is 13.2 Å². The van der Waals surface area contributed by atoms with Crippen LogP contribution >= 0.6 is 0 Å². The van der Waals surface area contributed by atoms with E-state index in [0.29, 0.717) is 0 Å². The van der Waals surface area contributed by atoms with Crippen molar-refractivity contribution in [2.45, 2.75) is 12.5 Å². The summed E-state index contributed by atoms with van der Waals surface area (Å²) in [5, 5.41) is 16.7. The van der Waals surface area contributed by atoms with Gasteiger partial charge >= 0.3 is 11.9 Å². The third kappa shape index (κ3) is 12.1. The van der Waals surface area contributed by atoms with E-state index in [-0.39, 0.29) is 0 Å². The molecule has 0 aliphatic carbocycles. The topological polar surface area (TPSA) is 127 Å². The van der Waals surface area contributed by atoms with Gasteiger partial charge in [0.2, 0.25) is 5.91 Å². The van der Waals surface area contributed by atoms with Gasteiger partial charge in [-0.15, -0.1) is 0 Å². The zero-order valence-corrected chi connectivity index (χ0v) is 8.17. The number of ether oxygens (including phenoxy) is 1. The number of hydrogen-bond donors (Lipinski definition) is 3. The Bertz CT molecular complexity index is 250. The van der Waals surface area contributed by atoms with Crippen LogP contribution in [-0.4, -0.2) is 41.3 Å². The number of methoxy groups -OCH3 is 1. The fourth-order valence-electron chi connectivity index (χ4n) is 0.385. The van der Waals surface area contributed by atoms with Crippen LogP contribution in [0.5, 0.6) is 0 Å². The molecule has 1 atom stereocenters. The van der Waals surface area contributed by atoms with E-state index >= 15 is 0 Å². The number of carboxylic acid groups (broad SMARTS) is 1. The first-order valence-electron chi connectivity index (χ1n) is 3.74. The molecular formula is C8H13NO6. The number of aliphatic hydroxyl groups is 1. The fourth-order valence-corrected chi connectivity index (χ4v) is 0.385. The van der Waals surface area contributed by atoms with Crippen LogP contribution in [0, 0.1) is 0 Å². The molecule has 0 fully saturated rings. The fraction of sp³-hybridized carbons (Fsp3) is 0.375. The average molecular weight is 219 g/mol. The largest absolute Gasteiger partial charge is 0.481 e. The van der Waals surface area contributed by atoms with Crippen molar-refractivity contribution in [3.8, 4) is 0 Å². The van der Waals surface area contributed by atoms with Crippen molar-refractivity contribution in [3.63, 3.8) is 0 Å². The Balaban J connectivity index is 0. The summed E-state index contributed by atoms with van der Waals surface area (Å²) in [6, 6.07) is 0. The number of amides is 1. The molecule has 0 heterocycles. The Morgan fingerprint density at radius 2 is 1.93 bits per heavy atom. The van der Waals surface area contributed by atoms with Gasteiger partial charge in [-0.25, -0.2) is 4.79 Å². The summed E-state index contributed by atoms with van der Waals surface area (Å²) in [5.74, 6) is -2.65. The molecule has 1 unspecified atom stereocenters. The third-order valence-electron chi connectivity index (χ3n) is 1.04. The Hall–Kier alpha value is -1.89. The molecule has 15 heavy (non-hydrogen) atoms. The second-order valence-corrected chi connectivity index (χ2v) is 2.24. The van der Waals surface area contributed by atoms with Crippen molar-refractivity contribution in [1.82, 2.24) is 0 Å². The summed E-state index contributed by atoms with van der Waals surface area (Å²) in [6.45, 7) is 3.09. The van der Waals surface area contributed by atoms with Crippen LogP contribution in [-0.2, 0) is 19.1 Å². The molecule has 0 aromatic heterocycles. The number of rotatable bonds is 4. The molecular weight excluding hydrogens is 206 g/mol. The lowest BCUT2D eigenvalue weighted by Gasteiger charge is -2.03. The maximum Gasteiger partial charge on any atom is 0.335 e. The van der Waals surface area contributed by atoms with Crippen LogP contribution in [0.1, 0.15) is 6.42 Å². The number of hydrogen-bond acceptors (Lipinski definition) is 5. The molecule has 0 bridgehead atoms. The van der Waals surface area contributed by atoms with E-state index in [2.05, 4.69) is 17.0 Å². The Morgan fingerprint density at radius 1 is 1.53 bits per heavy atom. The van der Waals surface area contributed by atoms with Gasteiger partial charge < -0.3 is 20.7 Å². The smallest absolute Gasteiger partial charge is 0.335 e. The number of aliphatic hydroxyl groups excluding tert-OH is 1. The lowest BCUT2D eigenvalue weighted by Crippen LogP contribution is -2.24. The molecule has 0 aliphatic rings. The average Bonchev–Trinajstić information content (AvgIpc) is 2.16. The van der Waals surface area contributed by atoms with Gasteiger partial charge in [0.1, 0.15) is 0 Å². The quantitative estimate of drug-likeness (QED) is 0.396. The van der Waals surface area contributed by atoms with Crippen LogP contribution in [0.2, 0.25) is 0 Å². The maximum absolute atomic E-state index is 10.3. The number of carbonyl (C=O) groups excluding carboxylic acids is 2. The maximum atomic E-state index is 10.3. The van der Waals surface area contributed by atoms with Gasteiger partial charge in [0.25, 0.3) is 0 Å². The number of primary amides is 1. The first-order chi connectivity index (χ1) is 6.84. The SMILES string of the molecule is C=CC(N)=O.COC(=O)C(O)CC(=O)O. The highest BCUT2D eigenvalue weighted by atomic mass is 16.5. The van der Waals surface area contributed by atoms with Crippen molar-refractivity contribution < 1.29 is 29.3 Å². The normalized spacial score (nSPS) is 10.3. The lowest BCUT2D eigenvalue weighted by molar-refractivity contribution is -0.155. The van der Waals surface area contributed by atoms with Gasteiger partial charge in [-0.3, -0.25) is 9.59 Å². The van der Waals surface area contributed by atoms with E-state index < -0.39 is 30.4 Å². The Labute approximate surface area is 86.1 Å². The van der Waals surface area contributed by atoms with Gasteiger partial charge in [-0.2, -0.15) is 0 Å². The molecule has 0 saturated carbocycles. The van der Waals surface area contributed by atoms with Gasteiger partial charge in [0.15, 0.2) is 6.10 Å². The second kappa shape index (κ2) is 8.70. The van der Waals surface area contributed by atoms with E-state index in [1.807, 2.05) is 0 Å². The minimum Gasteiger partial charge on any atom is -0.481 e. The molecule has 0 radical (unpaired) electrons. The number of aliphatic carboxylic acids is 1. The summed E-state index contributed by atoms with van der Waals surface area (Å²) >= 11 is 0. The molecule has 0 rings (SSSR count).